The molecule has 4 nitrogen and oxygen atoms in total. The van der Waals surface area contributed by atoms with Gasteiger partial charge in [-0.3, -0.25) is 14.6 Å². The first kappa shape index (κ1) is 18.6. The van der Waals surface area contributed by atoms with E-state index < -0.39 is 0 Å². The standard InChI is InChI=1S/C22H29N3O/c1-3-20-6-4-5-7-21(20)23-22(26)17-25-14-12-24(13-15-25)16-19-10-8-18(2)9-11-19/h4-11H,3,12-17H2,1-2H3,(H,23,26). The van der Waals surface area contributed by atoms with Crippen molar-refractivity contribution >= 4 is 11.6 Å². The van der Waals surface area contributed by atoms with E-state index in [0.717, 1.165) is 44.8 Å². The molecule has 0 aromatic heterocycles. The Labute approximate surface area is 156 Å². The van der Waals surface area contributed by atoms with Crippen LogP contribution in [0.1, 0.15) is 23.6 Å². The van der Waals surface area contributed by atoms with Gasteiger partial charge in [-0.15, -0.1) is 0 Å². The smallest absolute Gasteiger partial charge is 0.238 e. The highest BCUT2D eigenvalue weighted by Crippen LogP contribution is 2.15. The third-order valence-electron chi connectivity index (χ3n) is 5.03. The van der Waals surface area contributed by atoms with Gasteiger partial charge in [0.2, 0.25) is 5.91 Å². The van der Waals surface area contributed by atoms with E-state index in [1.165, 1.54) is 16.7 Å². The van der Waals surface area contributed by atoms with Crippen molar-refractivity contribution in [3.8, 4) is 0 Å². The Bertz CT molecular complexity index is 718. The predicted octanol–water partition coefficient (Wildman–Crippen LogP) is 3.31. The summed E-state index contributed by atoms with van der Waals surface area (Å²) in [6.45, 7) is 9.58. The van der Waals surface area contributed by atoms with Crippen molar-refractivity contribution in [1.29, 1.82) is 0 Å². The first-order chi connectivity index (χ1) is 12.6. The molecule has 0 unspecified atom stereocenters. The Morgan fingerprint density at radius 1 is 0.962 bits per heavy atom. The van der Waals surface area contributed by atoms with Gasteiger partial charge in [-0.1, -0.05) is 55.0 Å². The molecule has 0 spiro atoms. The van der Waals surface area contributed by atoms with Gasteiger partial charge < -0.3 is 5.32 Å². The molecule has 2 aromatic carbocycles. The quantitative estimate of drug-likeness (QED) is 0.867. The van der Waals surface area contributed by atoms with E-state index >= 15 is 0 Å². The second-order valence-electron chi connectivity index (χ2n) is 7.10. The van der Waals surface area contributed by atoms with Crippen LogP contribution in [0.3, 0.4) is 0 Å². The fraction of sp³-hybridized carbons (Fsp3) is 0.409. The summed E-state index contributed by atoms with van der Waals surface area (Å²) in [4.78, 5) is 17.1. The molecule has 1 amide bonds. The molecule has 1 aliphatic rings. The van der Waals surface area contributed by atoms with Gasteiger partial charge in [0.1, 0.15) is 0 Å². The van der Waals surface area contributed by atoms with Gasteiger partial charge >= 0.3 is 0 Å². The van der Waals surface area contributed by atoms with Gasteiger partial charge in [-0.2, -0.15) is 0 Å². The zero-order valence-electron chi connectivity index (χ0n) is 15.9. The zero-order valence-corrected chi connectivity index (χ0v) is 15.9. The van der Waals surface area contributed by atoms with Crippen LogP contribution >= 0.6 is 0 Å². The van der Waals surface area contributed by atoms with Crippen LogP contribution in [-0.2, 0) is 17.8 Å². The van der Waals surface area contributed by atoms with Crippen LogP contribution in [0, 0.1) is 6.92 Å². The maximum Gasteiger partial charge on any atom is 0.238 e. The Morgan fingerprint density at radius 3 is 2.31 bits per heavy atom. The van der Waals surface area contributed by atoms with Gasteiger partial charge in [0, 0.05) is 38.4 Å². The van der Waals surface area contributed by atoms with E-state index in [-0.39, 0.29) is 5.91 Å². The molecule has 1 aliphatic heterocycles. The Balaban J connectivity index is 1.44. The number of amides is 1. The highest BCUT2D eigenvalue weighted by Gasteiger charge is 2.19. The molecule has 26 heavy (non-hydrogen) atoms. The summed E-state index contributed by atoms with van der Waals surface area (Å²) in [7, 11) is 0. The van der Waals surface area contributed by atoms with Crippen molar-refractivity contribution in [3.05, 3.63) is 65.2 Å². The number of hydrogen-bond acceptors (Lipinski definition) is 3. The van der Waals surface area contributed by atoms with E-state index in [4.69, 9.17) is 0 Å². The average molecular weight is 351 g/mol. The van der Waals surface area contributed by atoms with E-state index in [1.807, 2.05) is 18.2 Å². The summed E-state index contributed by atoms with van der Waals surface area (Å²) in [6, 6.07) is 16.8. The SMILES string of the molecule is CCc1ccccc1NC(=O)CN1CCN(Cc2ccc(C)cc2)CC1. The number of hydrogen-bond donors (Lipinski definition) is 1. The minimum absolute atomic E-state index is 0.0814. The number of rotatable bonds is 6. The van der Waals surface area contributed by atoms with Crippen LogP contribution < -0.4 is 5.32 Å². The van der Waals surface area contributed by atoms with Gasteiger partial charge in [0.15, 0.2) is 0 Å². The summed E-state index contributed by atoms with van der Waals surface area (Å²) in [6.07, 6.45) is 0.925. The van der Waals surface area contributed by atoms with Crippen LogP contribution in [0.2, 0.25) is 0 Å². The van der Waals surface area contributed by atoms with Crippen LogP contribution in [0.25, 0.3) is 0 Å². The molecule has 1 heterocycles. The molecule has 0 aliphatic carbocycles. The van der Waals surface area contributed by atoms with Gasteiger partial charge in [0.05, 0.1) is 6.54 Å². The van der Waals surface area contributed by atoms with Crippen molar-refractivity contribution in [1.82, 2.24) is 9.80 Å². The normalized spacial score (nSPS) is 15.8. The summed E-state index contributed by atoms with van der Waals surface area (Å²) >= 11 is 0. The van der Waals surface area contributed by atoms with E-state index in [2.05, 4.69) is 59.3 Å². The molecular weight excluding hydrogens is 322 g/mol. The van der Waals surface area contributed by atoms with Gasteiger partial charge in [-0.25, -0.2) is 0 Å². The molecular formula is C22H29N3O. The van der Waals surface area contributed by atoms with Crippen molar-refractivity contribution in [2.45, 2.75) is 26.8 Å². The number of benzene rings is 2. The number of aryl methyl sites for hydroxylation is 2. The van der Waals surface area contributed by atoms with Crippen molar-refractivity contribution in [2.75, 3.05) is 38.0 Å². The molecule has 138 valence electrons. The molecule has 2 aromatic rings. The number of carbonyl (C=O) groups excluding carboxylic acids is 1. The largest absolute Gasteiger partial charge is 0.325 e. The highest BCUT2D eigenvalue weighted by atomic mass is 16.2. The van der Waals surface area contributed by atoms with Crippen molar-refractivity contribution < 1.29 is 4.79 Å². The number of carbonyl (C=O) groups is 1. The Hall–Kier alpha value is -2.17. The lowest BCUT2D eigenvalue weighted by atomic mass is 10.1. The first-order valence-electron chi connectivity index (χ1n) is 9.52. The lowest BCUT2D eigenvalue weighted by Gasteiger charge is -2.34. The minimum Gasteiger partial charge on any atom is -0.325 e. The van der Waals surface area contributed by atoms with Crippen LogP contribution in [0.4, 0.5) is 5.69 Å². The zero-order chi connectivity index (χ0) is 18.4. The van der Waals surface area contributed by atoms with E-state index in [0.29, 0.717) is 6.54 Å². The van der Waals surface area contributed by atoms with Crippen LogP contribution in [-0.4, -0.2) is 48.4 Å². The molecule has 4 heteroatoms. The second-order valence-corrected chi connectivity index (χ2v) is 7.10. The molecule has 1 N–H and O–H groups in total. The highest BCUT2D eigenvalue weighted by molar-refractivity contribution is 5.93. The summed E-state index contributed by atoms with van der Waals surface area (Å²) in [5.41, 5.74) is 4.79. The molecule has 0 bridgehead atoms. The van der Waals surface area contributed by atoms with Crippen molar-refractivity contribution in [2.24, 2.45) is 0 Å². The predicted molar refractivity (Wildman–Crippen MR) is 107 cm³/mol. The number of piperazine rings is 1. The number of nitrogens with zero attached hydrogens (tertiary/aromatic N) is 2. The summed E-state index contributed by atoms with van der Waals surface area (Å²) in [5, 5.41) is 3.07. The van der Waals surface area contributed by atoms with Crippen LogP contribution in [0.15, 0.2) is 48.5 Å². The third-order valence-corrected chi connectivity index (χ3v) is 5.03. The minimum atomic E-state index is 0.0814. The van der Waals surface area contributed by atoms with Crippen molar-refractivity contribution in [3.63, 3.8) is 0 Å². The third kappa shape index (κ3) is 5.16. The first-order valence-corrected chi connectivity index (χ1v) is 9.52. The maximum absolute atomic E-state index is 12.4. The molecule has 0 saturated carbocycles. The van der Waals surface area contributed by atoms with Crippen LogP contribution in [0.5, 0.6) is 0 Å². The van der Waals surface area contributed by atoms with Gasteiger partial charge in [-0.05, 0) is 30.5 Å². The molecule has 0 atom stereocenters. The molecule has 0 radical (unpaired) electrons. The molecule has 3 rings (SSSR count). The lowest BCUT2D eigenvalue weighted by Crippen LogP contribution is -2.48. The topological polar surface area (TPSA) is 35.6 Å². The van der Waals surface area contributed by atoms with E-state index in [1.54, 1.807) is 0 Å². The summed E-state index contributed by atoms with van der Waals surface area (Å²) < 4.78 is 0. The Kier molecular flexibility index (Phi) is 6.42. The maximum atomic E-state index is 12.4. The number of anilines is 1. The lowest BCUT2D eigenvalue weighted by molar-refractivity contribution is -0.117. The summed E-state index contributed by atoms with van der Waals surface area (Å²) in [5.74, 6) is 0.0814. The number of nitrogens with one attached hydrogen (secondary N) is 1. The second kappa shape index (κ2) is 8.97. The average Bonchev–Trinajstić information content (AvgIpc) is 2.65. The molecule has 1 saturated heterocycles. The monoisotopic (exact) mass is 351 g/mol. The van der Waals surface area contributed by atoms with E-state index in [9.17, 15) is 4.79 Å². The fourth-order valence-corrected chi connectivity index (χ4v) is 3.40. The Morgan fingerprint density at radius 2 is 1.62 bits per heavy atom. The number of para-hydroxylation sites is 1. The molecule has 1 fully saturated rings. The fourth-order valence-electron chi connectivity index (χ4n) is 3.40. The van der Waals surface area contributed by atoms with Gasteiger partial charge in [0.25, 0.3) is 0 Å².